The van der Waals surface area contributed by atoms with Gasteiger partial charge >= 0.3 is 6.18 Å². The van der Waals surface area contributed by atoms with Crippen LogP contribution in [0.3, 0.4) is 0 Å². The number of halogens is 3. The van der Waals surface area contributed by atoms with Crippen molar-refractivity contribution in [3.63, 3.8) is 0 Å². The van der Waals surface area contributed by atoms with E-state index in [1.807, 2.05) is 16.5 Å². The molecule has 42 heavy (non-hydrogen) atoms. The first-order chi connectivity index (χ1) is 20.0. The van der Waals surface area contributed by atoms with E-state index in [4.69, 9.17) is 10.8 Å². The minimum atomic E-state index is -4.55. The van der Waals surface area contributed by atoms with E-state index in [9.17, 15) is 22.8 Å². The van der Waals surface area contributed by atoms with Crippen LogP contribution in [0.15, 0.2) is 48.9 Å². The van der Waals surface area contributed by atoms with Gasteiger partial charge in [-0.1, -0.05) is 25.5 Å². The number of likely N-dealkylation sites (tertiary alicyclic amines) is 1. The van der Waals surface area contributed by atoms with Gasteiger partial charge in [0.15, 0.2) is 5.65 Å². The van der Waals surface area contributed by atoms with Crippen LogP contribution >= 0.6 is 0 Å². The Morgan fingerprint density at radius 1 is 1.07 bits per heavy atom. The summed E-state index contributed by atoms with van der Waals surface area (Å²) in [5.74, 6) is -0.374. The van der Waals surface area contributed by atoms with Crippen LogP contribution in [0.4, 0.5) is 24.8 Å². The number of nitrogens with one attached hydrogen (secondary N) is 1. The van der Waals surface area contributed by atoms with Gasteiger partial charge in [-0.25, -0.2) is 19.6 Å². The zero-order chi connectivity index (χ0) is 29.6. The van der Waals surface area contributed by atoms with Gasteiger partial charge in [0.05, 0.1) is 17.0 Å². The van der Waals surface area contributed by atoms with Gasteiger partial charge in [0, 0.05) is 35.8 Å². The van der Waals surface area contributed by atoms with Crippen LogP contribution in [0.1, 0.15) is 61.0 Å². The number of piperidine rings is 1. The molecule has 2 amide bonds. The number of amides is 2. The van der Waals surface area contributed by atoms with Crippen molar-refractivity contribution in [1.29, 1.82) is 0 Å². The average molecular weight is 579 g/mol. The predicted molar refractivity (Wildman–Crippen MR) is 149 cm³/mol. The molecule has 0 bridgehead atoms. The highest BCUT2D eigenvalue weighted by molar-refractivity contribution is 6.04. The number of hydrogen-bond donors (Lipinski definition) is 2. The molecule has 2 aliphatic rings. The van der Waals surface area contributed by atoms with Crippen molar-refractivity contribution in [2.75, 3.05) is 24.1 Å². The number of hydrogen-bond acceptors (Lipinski definition) is 7. The molecule has 4 aromatic rings. The third-order valence-corrected chi connectivity index (χ3v) is 8.27. The quantitative estimate of drug-likeness (QED) is 0.337. The topological polar surface area (TPSA) is 132 Å². The van der Waals surface area contributed by atoms with Gasteiger partial charge in [-0.2, -0.15) is 18.3 Å². The molecular weight excluding hydrogens is 549 g/mol. The van der Waals surface area contributed by atoms with E-state index < -0.39 is 17.6 Å². The molecule has 13 heteroatoms. The highest BCUT2D eigenvalue weighted by Crippen LogP contribution is 2.43. The van der Waals surface area contributed by atoms with Crippen LogP contribution in [0, 0.1) is 5.41 Å². The molecule has 10 nitrogen and oxygen atoms in total. The normalized spacial score (nSPS) is 18.5. The monoisotopic (exact) mass is 578 g/mol. The summed E-state index contributed by atoms with van der Waals surface area (Å²) in [6.45, 7) is 3.28. The summed E-state index contributed by atoms with van der Waals surface area (Å²) in [7, 11) is 0. The lowest BCUT2D eigenvalue weighted by Gasteiger charge is -2.43. The van der Waals surface area contributed by atoms with Crippen LogP contribution in [0.25, 0.3) is 22.3 Å². The second kappa shape index (κ2) is 10.4. The van der Waals surface area contributed by atoms with Crippen molar-refractivity contribution in [2.45, 2.75) is 51.2 Å². The van der Waals surface area contributed by atoms with E-state index >= 15 is 0 Å². The molecule has 0 unspecified atom stereocenters. The molecule has 218 valence electrons. The minimum absolute atomic E-state index is 0.0954. The highest BCUT2D eigenvalue weighted by atomic mass is 19.4. The maximum absolute atomic E-state index is 13.3. The second-order valence-corrected chi connectivity index (χ2v) is 11.2. The molecule has 1 aliphatic heterocycles. The number of nitrogens with zero attached hydrogens (tertiary/aromatic N) is 6. The second-order valence-electron chi connectivity index (χ2n) is 11.2. The number of rotatable bonds is 5. The number of alkyl halides is 3. The maximum atomic E-state index is 13.3. The van der Waals surface area contributed by atoms with Crippen LogP contribution in [-0.4, -0.2) is 54.5 Å². The van der Waals surface area contributed by atoms with Crippen LogP contribution in [-0.2, 0) is 11.0 Å². The van der Waals surface area contributed by atoms with E-state index in [1.165, 1.54) is 6.33 Å². The highest BCUT2D eigenvalue weighted by Gasteiger charge is 2.43. The Bertz CT molecular complexity index is 1660. The smallest absolute Gasteiger partial charge is 0.383 e. The third kappa shape index (κ3) is 5.03. The first-order valence-electron chi connectivity index (χ1n) is 13.8. The van der Waals surface area contributed by atoms with Gasteiger partial charge in [0.1, 0.15) is 23.7 Å². The van der Waals surface area contributed by atoms with E-state index in [1.54, 1.807) is 24.3 Å². The summed E-state index contributed by atoms with van der Waals surface area (Å²) in [6, 6.07) is 7.97. The molecule has 1 saturated heterocycles. The Morgan fingerprint density at radius 3 is 2.52 bits per heavy atom. The molecule has 2 fully saturated rings. The lowest BCUT2D eigenvalue weighted by molar-refractivity contribution is -0.147. The number of nitrogens with two attached hydrogens (primary N) is 1. The molecule has 4 heterocycles. The molecular formula is C29H29F3N8O2. The Morgan fingerprint density at radius 2 is 1.83 bits per heavy atom. The van der Waals surface area contributed by atoms with Gasteiger partial charge < -0.3 is 16.0 Å². The predicted octanol–water partition coefficient (Wildman–Crippen LogP) is 5.10. The van der Waals surface area contributed by atoms with Gasteiger partial charge in [-0.3, -0.25) is 9.59 Å². The number of pyridine rings is 1. The SMILES string of the molecule is CC1(C(=O)N2CCC[C@@H](n3nc(-c4ccc(C(=O)Nc5cc(C(F)(F)F)ccn5)cc4)c4c(N)ncnc43)C2)CCC1. The summed E-state index contributed by atoms with van der Waals surface area (Å²) in [4.78, 5) is 40.4. The average Bonchev–Trinajstić information content (AvgIpc) is 3.36. The Balaban J connectivity index is 1.26. The summed E-state index contributed by atoms with van der Waals surface area (Å²) in [6.07, 6.45) is 2.39. The van der Waals surface area contributed by atoms with Crippen molar-refractivity contribution in [1.82, 2.24) is 29.6 Å². The van der Waals surface area contributed by atoms with Gasteiger partial charge in [0.25, 0.3) is 5.91 Å². The van der Waals surface area contributed by atoms with Crippen LogP contribution in [0.2, 0.25) is 0 Å². The van der Waals surface area contributed by atoms with Crippen molar-refractivity contribution in [3.8, 4) is 11.3 Å². The van der Waals surface area contributed by atoms with Crippen LogP contribution in [0.5, 0.6) is 0 Å². The molecule has 1 aromatic carbocycles. The van der Waals surface area contributed by atoms with Gasteiger partial charge in [0.2, 0.25) is 5.91 Å². The summed E-state index contributed by atoms with van der Waals surface area (Å²) >= 11 is 0. The molecule has 1 aliphatic carbocycles. The Kier molecular flexibility index (Phi) is 6.82. The summed E-state index contributed by atoms with van der Waals surface area (Å²) in [5, 5.41) is 7.86. The molecule has 3 aromatic heterocycles. The number of benzene rings is 1. The standard InChI is InChI=1S/C29H29F3N8O2/c1-28(10-3-11-28)27(42)39-13-2-4-20(15-39)40-25-22(24(33)35-16-36-25)23(38-40)17-5-7-18(8-6-17)26(41)37-21-14-19(9-12-34-21)29(30,31)32/h5-9,12,14,16,20H,2-4,10-11,13,15H2,1H3,(H2,33,35,36)(H,34,37,41)/t20-/m1/s1. The number of carbonyl (C=O) groups is 2. The van der Waals surface area contributed by atoms with Gasteiger partial charge in [-0.15, -0.1) is 0 Å². The summed E-state index contributed by atoms with van der Waals surface area (Å²) in [5.41, 5.74) is 7.05. The van der Waals surface area contributed by atoms with Crippen molar-refractivity contribution in [2.24, 2.45) is 5.41 Å². The largest absolute Gasteiger partial charge is 0.416 e. The molecule has 0 radical (unpaired) electrons. The van der Waals surface area contributed by atoms with Crippen molar-refractivity contribution < 1.29 is 22.8 Å². The first-order valence-corrected chi connectivity index (χ1v) is 13.8. The van der Waals surface area contributed by atoms with Gasteiger partial charge in [-0.05, 0) is 49.9 Å². The van der Waals surface area contributed by atoms with Crippen LogP contribution < -0.4 is 11.1 Å². The van der Waals surface area contributed by atoms with E-state index in [2.05, 4.69) is 20.3 Å². The lowest BCUT2D eigenvalue weighted by Crippen LogP contribution is -2.50. The third-order valence-electron chi connectivity index (χ3n) is 8.27. The van der Waals surface area contributed by atoms with E-state index in [0.717, 1.165) is 50.4 Å². The Labute approximate surface area is 239 Å². The number of fused-ring (bicyclic) bond motifs is 1. The van der Waals surface area contributed by atoms with Crippen molar-refractivity contribution in [3.05, 3.63) is 60.0 Å². The molecule has 1 atom stereocenters. The number of anilines is 2. The molecule has 6 rings (SSSR count). The fourth-order valence-corrected chi connectivity index (χ4v) is 5.74. The number of carbonyl (C=O) groups excluding carboxylic acids is 2. The maximum Gasteiger partial charge on any atom is 0.416 e. The number of aromatic nitrogens is 5. The zero-order valence-corrected chi connectivity index (χ0v) is 22.9. The summed E-state index contributed by atoms with van der Waals surface area (Å²) < 4.78 is 40.9. The minimum Gasteiger partial charge on any atom is -0.383 e. The lowest BCUT2D eigenvalue weighted by atomic mass is 9.69. The first kappa shape index (κ1) is 27.6. The van der Waals surface area contributed by atoms with E-state index in [-0.39, 0.29) is 34.6 Å². The zero-order valence-electron chi connectivity index (χ0n) is 22.9. The fourth-order valence-electron chi connectivity index (χ4n) is 5.74. The fraction of sp³-hybridized carbons (Fsp3) is 0.379. The van der Waals surface area contributed by atoms with Crippen molar-refractivity contribution >= 4 is 34.5 Å². The molecule has 3 N–H and O–H groups in total. The molecule has 1 saturated carbocycles. The number of nitrogen functional groups attached to an aromatic ring is 1. The van der Waals surface area contributed by atoms with E-state index in [0.29, 0.717) is 35.4 Å². The molecule has 0 spiro atoms. The Hall–Kier alpha value is -4.55.